The van der Waals surface area contributed by atoms with Crippen LogP contribution in [0.2, 0.25) is 0 Å². The van der Waals surface area contributed by atoms with Gasteiger partial charge >= 0.3 is 0 Å². The van der Waals surface area contributed by atoms with Crippen LogP contribution in [0.15, 0.2) is 17.5 Å². The van der Waals surface area contributed by atoms with Gasteiger partial charge in [0.05, 0.1) is 0 Å². The first-order valence-electron chi connectivity index (χ1n) is 3.80. The number of carbonyl (C=O) groups excluding carboxylic acids is 2. The Labute approximate surface area is 80.6 Å². The lowest BCUT2D eigenvalue weighted by atomic mass is 9.97. The number of rotatable bonds is 4. The minimum atomic E-state index is -1.47. The normalized spacial score (nSPS) is 14.9. The highest BCUT2D eigenvalue weighted by atomic mass is 32.1. The van der Waals surface area contributed by atoms with Crippen LogP contribution in [0, 0.1) is 0 Å². The van der Waals surface area contributed by atoms with Crippen LogP contribution in [-0.4, -0.2) is 17.6 Å². The molecule has 1 aromatic rings. The van der Waals surface area contributed by atoms with Crippen molar-refractivity contribution in [2.75, 3.05) is 0 Å². The second kappa shape index (κ2) is 3.81. The Hall–Kier alpha value is -1.000. The van der Waals surface area contributed by atoms with Crippen molar-refractivity contribution in [3.63, 3.8) is 0 Å². The molecule has 0 fully saturated rings. The van der Waals surface area contributed by atoms with E-state index in [2.05, 4.69) is 0 Å². The van der Waals surface area contributed by atoms with E-state index in [-0.39, 0.29) is 12.2 Å². The molecule has 0 saturated heterocycles. The van der Waals surface area contributed by atoms with E-state index in [0.29, 0.717) is 0 Å². The molecule has 4 heteroatoms. The molecule has 0 unspecified atom stereocenters. The fourth-order valence-electron chi connectivity index (χ4n) is 0.812. The quantitative estimate of drug-likeness (QED) is 0.721. The molecular weight excluding hydrogens is 186 g/mol. The van der Waals surface area contributed by atoms with Crippen molar-refractivity contribution in [2.45, 2.75) is 18.9 Å². The SMILES string of the molecule is C[C@](N)([C]=O)C(=O)Cc1cccs1. The van der Waals surface area contributed by atoms with Crippen LogP contribution in [0.25, 0.3) is 0 Å². The third-order valence-electron chi connectivity index (χ3n) is 1.71. The van der Waals surface area contributed by atoms with E-state index in [1.165, 1.54) is 24.5 Å². The summed E-state index contributed by atoms with van der Waals surface area (Å²) in [6, 6.07) is 3.69. The molecule has 0 saturated carbocycles. The van der Waals surface area contributed by atoms with Gasteiger partial charge in [0.25, 0.3) is 0 Å². The highest BCUT2D eigenvalue weighted by Crippen LogP contribution is 2.12. The predicted molar refractivity (Wildman–Crippen MR) is 51.3 cm³/mol. The molecule has 69 valence electrons. The average Bonchev–Trinajstić information content (AvgIpc) is 2.57. The summed E-state index contributed by atoms with van der Waals surface area (Å²) < 4.78 is 0. The lowest BCUT2D eigenvalue weighted by molar-refractivity contribution is -0.120. The lowest BCUT2D eigenvalue weighted by Crippen LogP contribution is -2.47. The van der Waals surface area contributed by atoms with E-state index >= 15 is 0 Å². The monoisotopic (exact) mass is 196 g/mol. The molecule has 0 amide bonds. The van der Waals surface area contributed by atoms with Crippen molar-refractivity contribution in [3.8, 4) is 0 Å². The smallest absolute Gasteiger partial charge is 0.227 e. The van der Waals surface area contributed by atoms with Gasteiger partial charge in [-0.1, -0.05) is 6.07 Å². The molecule has 1 radical (unpaired) electrons. The number of Topliss-reactive ketones (excluding diaryl/α,β-unsaturated/α-hetero) is 1. The summed E-state index contributed by atoms with van der Waals surface area (Å²) in [6.45, 7) is 1.37. The zero-order chi connectivity index (χ0) is 9.90. The molecule has 0 bridgehead atoms. The van der Waals surface area contributed by atoms with E-state index in [9.17, 15) is 9.59 Å². The van der Waals surface area contributed by atoms with Gasteiger partial charge < -0.3 is 5.73 Å². The molecule has 0 aliphatic rings. The summed E-state index contributed by atoms with van der Waals surface area (Å²) in [6.07, 6.45) is 1.74. The molecule has 13 heavy (non-hydrogen) atoms. The summed E-state index contributed by atoms with van der Waals surface area (Å²) in [5, 5.41) is 1.88. The molecule has 0 aliphatic heterocycles. The maximum Gasteiger partial charge on any atom is 0.227 e. The number of hydrogen-bond donors (Lipinski definition) is 1. The molecule has 1 heterocycles. The van der Waals surface area contributed by atoms with Crippen molar-refractivity contribution in [3.05, 3.63) is 22.4 Å². The molecule has 0 aromatic carbocycles. The first kappa shape index (κ1) is 10.1. The van der Waals surface area contributed by atoms with Crippen LogP contribution in [0.3, 0.4) is 0 Å². The van der Waals surface area contributed by atoms with E-state index < -0.39 is 5.54 Å². The van der Waals surface area contributed by atoms with Crippen molar-refractivity contribution in [1.82, 2.24) is 0 Å². The van der Waals surface area contributed by atoms with E-state index in [0.717, 1.165) is 4.88 Å². The second-order valence-electron chi connectivity index (χ2n) is 2.98. The summed E-state index contributed by atoms with van der Waals surface area (Å²) in [5.74, 6) is -0.301. The molecule has 2 N–H and O–H groups in total. The highest BCUT2D eigenvalue weighted by molar-refractivity contribution is 7.10. The van der Waals surface area contributed by atoms with Crippen molar-refractivity contribution >= 4 is 23.4 Å². The van der Waals surface area contributed by atoms with Crippen LogP contribution < -0.4 is 5.73 Å². The molecule has 0 spiro atoms. The first-order chi connectivity index (χ1) is 6.06. The van der Waals surface area contributed by atoms with Gasteiger partial charge in [0, 0.05) is 11.3 Å². The number of ketones is 1. The van der Waals surface area contributed by atoms with Crippen LogP contribution in [-0.2, 0) is 16.0 Å². The lowest BCUT2D eigenvalue weighted by Gasteiger charge is -2.12. The zero-order valence-corrected chi connectivity index (χ0v) is 8.06. The second-order valence-corrected chi connectivity index (χ2v) is 4.02. The Morgan fingerprint density at radius 1 is 1.77 bits per heavy atom. The fourth-order valence-corrected chi connectivity index (χ4v) is 1.52. The number of nitrogens with two attached hydrogens (primary N) is 1. The van der Waals surface area contributed by atoms with Gasteiger partial charge in [0.2, 0.25) is 6.29 Å². The van der Waals surface area contributed by atoms with Gasteiger partial charge in [-0.15, -0.1) is 11.3 Å². The topological polar surface area (TPSA) is 60.2 Å². The minimum Gasteiger partial charge on any atom is -0.313 e. The molecule has 1 rings (SSSR count). The minimum absolute atomic E-state index is 0.208. The van der Waals surface area contributed by atoms with Crippen molar-refractivity contribution in [2.24, 2.45) is 5.73 Å². The van der Waals surface area contributed by atoms with Crippen LogP contribution in [0.4, 0.5) is 0 Å². The van der Waals surface area contributed by atoms with Gasteiger partial charge in [-0.2, -0.15) is 0 Å². The largest absolute Gasteiger partial charge is 0.313 e. The Morgan fingerprint density at radius 2 is 2.46 bits per heavy atom. The van der Waals surface area contributed by atoms with Crippen molar-refractivity contribution in [1.29, 1.82) is 0 Å². The third kappa shape index (κ3) is 2.47. The maximum absolute atomic E-state index is 11.4. The van der Waals surface area contributed by atoms with Crippen molar-refractivity contribution < 1.29 is 9.59 Å². The van der Waals surface area contributed by atoms with Gasteiger partial charge in [0.1, 0.15) is 5.54 Å². The Kier molecular flexibility index (Phi) is 2.95. The van der Waals surface area contributed by atoms with Gasteiger partial charge in [-0.3, -0.25) is 9.59 Å². The average molecular weight is 196 g/mol. The highest BCUT2D eigenvalue weighted by Gasteiger charge is 2.28. The van der Waals surface area contributed by atoms with Gasteiger partial charge in [0.15, 0.2) is 5.78 Å². The van der Waals surface area contributed by atoms with Crippen LogP contribution >= 0.6 is 11.3 Å². The maximum atomic E-state index is 11.4. The van der Waals surface area contributed by atoms with Crippen LogP contribution in [0.5, 0.6) is 0 Å². The van der Waals surface area contributed by atoms with Gasteiger partial charge in [-0.25, -0.2) is 0 Å². The summed E-state index contributed by atoms with van der Waals surface area (Å²) in [5.41, 5.74) is 3.94. The first-order valence-corrected chi connectivity index (χ1v) is 4.68. The Morgan fingerprint density at radius 3 is 2.92 bits per heavy atom. The molecule has 0 aliphatic carbocycles. The van der Waals surface area contributed by atoms with E-state index in [1.807, 2.05) is 17.5 Å². The Balaban J connectivity index is 2.66. The summed E-state index contributed by atoms with van der Waals surface area (Å²) in [4.78, 5) is 22.6. The Bertz CT molecular complexity index is 303. The number of hydrogen-bond acceptors (Lipinski definition) is 4. The number of carbonyl (C=O) groups is 1. The van der Waals surface area contributed by atoms with Crippen LogP contribution in [0.1, 0.15) is 11.8 Å². The standard InChI is InChI=1S/C9H10NO2S/c1-9(10,6-11)8(12)5-7-3-2-4-13-7/h2-4H,5,10H2,1H3/t9-/m0/s1. The predicted octanol–water partition coefficient (Wildman–Crippen LogP) is 0.687. The molecular formula is C9H10NO2S. The van der Waals surface area contributed by atoms with E-state index in [4.69, 9.17) is 5.73 Å². The van der Waals surface area contributed by atoms with E-state index in [1.54, 1.807) is 0 Å². The summed E-state index contributed by atoms with van der Waals surface area (Å²) >= 11 is 1.47. The summed E-state index contributed by atoms with van der Waals surface area (Å²) in [7, 11) is 0. The molecule has 1 aromatic heterocycles. The third-order valence-corrected chi connectivity index (χ3v) is 2.58. The molecule has 1 atom stereocenters. The molecule has 3 nitrogen and oxygen atoms in total. The zero-order valence-electron chi connectivity index (χ0n) is 7.24. The van der Waals surface area contributed by atoms with Gasteiger partial charge in [-0.05, 0) is 18.4 Å². The fraction of sp³-hybridized carbons (Fsp3) is 0.333. The number of thiophene rings is 1.